The normalized spacial score (nSPS) is 10.4. The Bertz CT molecular complexity index is 673. The van der Waals surface area contributed by atoms with Crippen molar-refractivity contribution in [2.24, 2.45) is 0 Å². The van der Waals surface area contributed by atoms with Crippen molar-refractivity contribution >= 4 is 5.91 Å². The van der Waals surface area contributed by atoms with Crippen LogP contribution in [0.2, 0.25) is 0 Å². The van der Waals surface area contributed by atoms with Crippen LogP contribution in [0.25, 0.3) is 0 Å². The summed E-state index contributed by atoms with van der Waals surface area (Å²) in [5.74, 6) is -1.33. The molecule has 3 nitrogen and oxygen atoms in total. The number of benzene rings is 2. The van der Waals surface area contributed by atoms with Gasteiger partial charge < -0.3 is 9.64 Å². The second-order valence-electron chi connectivity index (χ2n) is 4.96. The fraction of sp³-hybridized carbons (Fsp3) is 0.235. The van der Waals surface area contributed by atoms with Gasteiger partial charge in [-0.1, -0.05) is 18.2 Å². The Kier molecular flexibility index (Phi) is 5.09. The van der Waals surface area contributed by atoms with Crippen molar-refractivity contribution in [2.75, 3.05) is 20.2 Å². The summed E-state index contributed by atoms with van der Waals surface area (Å²) in [5, 5.41) is 0. The van der Waals surface area contributed by atoms with Crippen LogP contribution in [0.15, 0.2) is 42.5 Å². The Labute approximate surface area is 128 Å². The molecule has 0 bridgehead atoms. The first-order valence-electron chi connectivity index (χ1n) is 6.88. The number of para-hydroxylation sites is 1. The average molecular weight is 305 g/mol. The van der Waals surface area contributed by atoms with Gasteiger partial charge in [0.05, 0.1) is 12.1 Å². The number of carbonyl (C=O) groups is 1. The maximum Gasteiger partial charge on any atom is 0.256 e. The second-order valence-corrected chi connectivity index (χ2v) is 4.96. The van der Waals surface area contributed by atoms with E-state index in [1.807, 2.05) is 31.2 Å². The second kappa shape index (κ2) is 7.02. The lowest BCUT2D eigenvalue weighted by molar-refractivity contribution is 0.0769. The molecule has 0 heterocycles. The summed E-state index contributed by atoms with van der Waals surface area (Å²) in [6.45, 7) is 2.51. The van der Waals surface area contributed by atoms with E-state index < -0.39 is 17.5 Å². The van der Waals surface area contributed by atoms with Crippen LogP contribution in [0, 0.1) is 18.6 Å². The van der Waals surface area contributed by atoms with Crippen LogP contribution in [0.1, 0.15) is 15.9 Å². The van der Waals surface area contributed by atoms with Crippen LogP contribution in [0.3, 0.4) is 0 Å². The largest absolute Gasteiger partial charge is 0.491 e. The lowest BCUT2D eigenvalue weighted by Crippen LogP contribution is -2.31. The first-order chi connectivity index (χ1) is 10.5. The number of ether oxygens (including phenoxy) is 1. The van der Waals surface area contributed by atoms with Crippen molar-refractivity contribution in [3.8, 4) is 5.75 Å². The van der Waals surface area contributed by atoms with Crippen LogP contribution in [-0.4, -0.2) is 31.0 Å². The quantitative estimate of drug-likeness (QED) is 0.847. The highest BCUT2D eigenvalue weighted by Gasteiger charge is 2.16. The van der Waals surface area contributed by atoms with E-state index >= 15 is 0 Å². The van der Waals surface area contributed by atoms with E-state index in [9.17, 15) is 13.6 Å². The molecule has 0 spiro atoms. The molecule has 2 aromatic rings. The van der Waals surface area contributed by atoms with Gasteiger partial charge in [-0.05, 0) is 30.7 Å². The molecule has 0 atom stereocenters. The smallest absolute Gasteiger partial charge is 0.256 e. The third-order valence-corrected chi connectivity index (χ3v) is 3.29. The Hall–Kier alpha value is -2.43. The monoisotopic (exact) mass is 305 g/mol. The SMILES string of the molecule is Cc1ccccc1OCCN(C)C(=O)c1ccc(F)cc1F. The first-order valence-corrected chi connectivity index (χ1v) is 6.88. The third-order valence-electron chi connectivity index (χ3n) is 3.29. The lowest BCUT2D eigenvalue weighted by atomic mass is 10.2. The van der Waals surface area contributed by atoms with Gasteiger partial charge in [-0.25, -0.2) is 8.78 Å². The number of aryl methyl sites for hydroxylation is 1. The molecule has 0 radical (unpaired) electrons. The Morgan fingerprint density at radius 1 is 1.18 bits per heavy atom. The lowest BCUT2D eigenvalue weighted by Gasteiger charge is -2.18. The Balaban J connectivity index is 1.93. The fourth-order valence-electron chi connectivity index (χ4n) is 1.98. The molecule has 22 heavy (non-hydrogen) atoms. The van der Waals surface area contributed by atoms with Crippen LogP contribution in [0.4, 0.5) is 8.78 Å². The third kappa shape index (κ3) is 3.81. The van der Waals surface area contributed by atoms with Gasteiger partial charge in [0.15, 0.2) is 0 Å². The van der Waals surface area contributed by atoms with Crippen molar-refractivity contribution in [1.82, 2.24) is 4.90 Å². The minimum Gasteiger partial charge on any atom is -0.491 e. The summed E-state index contributed by atoms with van der Waals surface area (Å²) in [7, 11) is 1.55. The van der Waals surface area contributed by atoms with E-state index in [1.165, 1.54) is 4.90 Å². The summed E-state index contributed by atoms with van der Waals surface area (Å²) in [6, 6.07) is 10.5. The van der Waals surface area contributed by atoms with Crippen LogP contribution in [0.5, 0.6) is 5.75 Å². The zero-order chi connectivity index (χ0) is 16.1. The molecule has 0 aliphatic heterocycles. The Morgan fingerprint density at radius 2 is 1.91 bits per heavy atom. The summed E-state index contributed by atoms with van der Waals surface area (Å²) in [6.07, 6.45) is 0. The molecule has 0 saturated heterocycles. The molecular weight excluding hydrogens is 288 g/mol. The molecule has 2 rings (SSSR count). The maximum atomic E-state index is 13.6. The first kappa shape index (κ1) is 15.9. The molecule has 0 aromatic heterocycles. The minimum absolute atomic E-state index is 0.153. The van der Waals surface area contributed by atoms with E-state index in [0.717, 1.165) is 23.4 Å². The number of rotatable bonds is 5. The molecular formula is C17H17F2NO2. The van der Waals surface area contributed by atoms with Gasteiger partial charge in [0.2, 0.25) is 0 Å². The van der Waals surface area contributed by atoms with Gasteiger partial charge in [0, 0.05) is 13.1 Å². The number of carbonyl (C=O) groups excluding carboxylic acids is 1. The van der Waals surface area contributed by atoms with Gasteiger partial charge in [0.1, 0.15) is 24.0 Å². The van der Waals surface area contributed by atoms with Crippen molar-refractivity contribution in [2.45, 2.75) is 6.92 Å². The highest BCUT2D eigenvalue weighted by molar-refractivity contribution is 5.94. The maximum absolute atomic E-state index is 13.6. The minimum atomic E-state index is -0.864. The zero-order valence-corrected chi connectivity index (χ0v) is 12.5. The zero-order valence-electron chi connectivity index (χ0n) is 12.5. The molecule has 5 heteroatoms. The van der Waals surface area contributed by atoms with E-state index in [4.69, 9.17) is 4.74 Å². The van der Waals surface area contributed by atoms with Gasteiger partial charge in [-0.3, -0.25) is 4.79 Å². The van der Waals surface area contributed by atoms with Gasteiger partial charge in [-0.2, -0.15) is 0 Å². The Morgan fingerprint density at radius 3 is 2.59 bits per heavy atom. The van der Waals surface area contributed by atoms with Gasteiger partial charge in [-0.15, -0.1) is 0 Å². The van der Waals surface area contributed by atoms with Crippen molar-refractivity contribution in [3.05, 3.63) is 65.2 Å². The highest BCUT2D eigenvalue weighted by atomic mass is 19.1. The van der Waals surface area contributed by atoms with E-state index in [0.29, 0.717) is 12.6 Å². The van der Waals surface area contributed by atoms with Crippen molar-refractivity contribution in [1.29, 1.82) is 0 Å². The average Bonchev–Trinajstić information content (AvgIpc) is 2.48. The van der Waals surface area contributed by atoms with E-state index in [2.05, 4.69) is 0 Å². The summed E-state index contributed by atoms with van der Waals surface area (Å²) >= 11 is 0. The molecule has 0 aliphatic carbocycles. The highest BCUT2D eigenvalue weighted by Crippen LogP contribution is 2.16. The number of hydrogen-bond donors (Lipinski definition) is 0. The number of nitrogens with zero attached hydrogens (tertiary/aromatic N) is 1. The van der Waals surface area contributed by atoms with Gasteiger partial charge in [0.25, 0.3) is 5.91 Å². The van der Waals surface area contributed by atoms with Crippen molar-refractivity contribution < 1.29 is 18.3 Å². The van der Waals surface area contributed by atoms with Crippen LogP contribution >= 0.6 is 0 Å². The number of hydrogen-bond acceptors (Lipinski definition) is 2. The summed E-state index contributed by atoms with van der Waals surface area (Å²) in [5.41, 5.74) is 0.848. The van der Waals surface area contributed by atoms with Crippen LogP contribution < -0.4 is 4.74 Å². The van der Waals surface area contributed by atoms with Crippen molar-refractivity contribution in [3.63, 3.8) is 0 Å². The molecule has 0 saturated carbocycles. The number of amides is 1. The molecule has 0 N–H and O–H groups in total. The molecule has 0 fully saturated rings. The number of halogens is 2. The molecule has 116 valence electrons. The predicted octanol–water partition coefficient (Wildman–Crippen LogP) is 3.42. The van der Waals surface area contributed by atoms with Crippen LogP contribution in [-0.2, 0) is 0 Å². The molecule has 0 unspecified atom stereocenters. The number of likely N-dealkylation sites (N-methyl/N-ethyl adjacent to an activating group) is 1. The fourth-order valence-corrected chi connectivity index (χ4v) is 1.98. The van der Waals surface area contributed by atoms with Gasteiger partial charge >= 0.3 is 0 Å². The topological polar surface area (TPSA) is 29.5 Å². The van der Waals surface area contributed by atoms with E-state index in [-0.39, 0.29) is 12.2 Å². The molecule has 1 amide bonds. The molecule has 2 aromatic carbocycles. The summed E-state index contributed by atoms with van der Waals surface area (Å²) < 4.78 is 32.0. The predicted molar refractivity (Wildman–Crippen MR) is 80.0 cm³/mol. The molecule has 0 aliphatic rings. The summed E-state index contributed by atoms with van der Waals surface area (Å²) in [4.78, 5) is 13.4. The standard InChI is InChI=1S/C17H17F2NO2/c1-12-5-3-4-6-16(12)22-10-9-20(2)17(21)14-8-7-13(18)11-15(14)19/h3-8,11H,9-10H2,1-2H3. The van der Waals surface area contributed by atoms with E-state index in [1.54, 1.807) is 7.05 Å².